The molecular formula is C9H14KNO2. The van der Waals surface area contributed by atoms with Crippen molar-refractivity contribution in [2.45, 2.75) is 38.5 Å². The number of carbonyl (C=O) groups excluding carboxylic acids is 2. The first-order valence-corrected chi connectivity index (χ1v) is 4.53. The van der Waals surface area contributed by atoms with Crippen molar-refractivity contribution >= 4 is 11.8 Å². The van der Waals surface area contributed by atoms with E-state index in [2.05, 4.69) is 5.32 Å². The molecule has 1 heterocycles. The Morgan fingerprint density at radius 1 is 1.08 bits per heavy atom. The minimum atomic E-state index is -0.0758. The Bertz CT molecular complexity index is 221. The van der Waals surface area contributed by atoms with Gasteiger partial charge in [-0.05, 0) is 18.3 Å². The summed E-state index contributed by atoms with van der Waals surface area (Å²) in [4.78, 5) is 22.2. The Labute approximate surface area is 122 Å². The minimum absolute atomic E-state index is 0. The first kappa shape index (κ1) is 11.8. The first-order chi connectivity index (χ1) is 5.70. The number of rotatable bonds is 0. The third-order valence-corrected chi connectivity index (χ3v) is 3.01. The molecule has 0 bridgehead atoms. The second-order valence-electron chi connectivity index (χ2n) is 4.03. The second-order valence-corrected chi connectivity index (χ2v) is 4.03. The van der Waals surface area contributed by atoms with Gasteiger partial charge in [-0.3, -0.25) is 14.9 Å². The Kier molecular flexibility index (Phi) is 4.13. The molecule has 0 aromatic carbocycles. The van der Waals surface area contributed by atoms with Gasteiger partial charge >= 0.3 is 51.4 Å². The van der Waals surface area contributed by atoms with Gasteiger partial charge in [-0.15, -0.1) is 0 Å². The van der Waals surface area contributed by atoms with Crippen molar-refractivity contribution < 1.29 is 62.4 Å². The van der Waals surface area contributed by atoms with Crippen LogP contribution in [0.5, 0.6) is 0 Å². The Hall–Kier alpha value is 0.776. The number of amides is 2. The summed E-state index contributed by atoms with van der Waals surface area (Å²) in [5.74, 6) is -0.152. The summed E-state index contributed by atoms with van der Waals surface area (Å²) in [5, 5.41) is 2.35. The van der Waals surface area contributed by atoms with E-state index < -0.39 is 0 Å². The van der Waals surface area contributed by atoms with Crippen molar-refractivity contribution in [3.8, 4) is 0 Å². The number of piperidine rings is 1. The van der Waals surface area contributed by atoms with Crippen LogP contribution in [0, 0.1) is 5.41 Å². The molecule has 0 aromatic rings. The van der Waals surface area contributed by atoms with Crippen molar-refractivity contribution in [1.29, 1.82) is 0 Å². The summed E-state index contributed by atoms with van der Waals surface area (Å²) < 4.78 is 0. The molecule has 1 saturated heterocycles. The van der Waals surface area contributed by atoms with E-state index in [4.69, 9.17) is 0 Å². The molecular weight excluding hydrogens is 193 g/mol. The summed E-state index contributed by atoms with van der Waals surface area (Å²) in [6.45, 7) is 0. The summed E-state index contributed by atoms with van der Waals surface area (Å²) in [6, 6.07) is 0. The zero-order chi connectivity index (χ0) is 8.60. The molecule has 2 amide bonds. The number of carbonyl (C=O) groups is 2. The molecule has 1 N–H and O–H groups in total. The zero-order valence-corrected chi connectivity index (χ0v) is 11.2. The minimum Gasteiger partial charge on any atom is -1.00 e. The predicted octanol–water partition coefficient (Wildman–Crippen LogP) is -1.90. The van der Waals surface area contributed by atoms with Crippen LogP contribution in [0.25, 0.3) is 0 Å². The van der Waals surface area contributed by atoms with E-state index >= 15 is 0 Å². The third-order valence-electron chi connectivity index (χ3n) is 3.01. The number of hydrogen-bond donors (Lipinski definition) is 1. The van der Waals surface area contributed by atoms with Gasteiger partial charge in [0.05, 0.1) is 0 Å². The molecule has 0 aromatic heterocycles. The Morgan fingerprint density at radius 2 is 1.54 bits per heavy atom. The molecule has 4 heteroatoms. The maximum absolute atomic E-state index is 11.1. The quantitative estimate of drug-likeness (QED) is 0.372. The van der Waals surface area contributed by atoms with Crippen LogP contribution < -0.4 is 56.7 Å². The van der Waals surface area contributed by atoms with Gasteiger partial charge in [0.25, 0.3) is 0 Å². The predicted molar refractivity (Wildman–Crippen MR) is 44.4 cm³/mol. The van der Waals surface area contributed by atoms with Gasteiger partial charge < -0.3 is 1.43 Å². The van der Waals surface area contributed by atoms with E-state index in [1.165, 1.54) is 12.8 Å². The van der Waals surface area contributed by atoms with Crippen LogP contribution in [-0.2, 0) is 9.59 Å². The topological polar surface area (TPSA) is 46.2 Å². The SMILES string of the molecule is O=C1CC2(CCCC2)CC(=O)N1.[H-].[K+]. The van der Waals surface area contributed by atoms with Gasteiger partial charge in [-0.25, -0.2) is 0 Å². The average molecular weight is 207 g/mol. The van der Waals surface area contributed by atoms with E-state index in [-0.39, 0.29) is 70.0 Å². The van der Waals surface area contributed by atoms with Crippen molar-refractivity contribution in [2.24, 2.45) is 5.41 Å². The molecule has 1 saturated carbocycles. The smallest absolute Gasteiger partial charge is 1.00 e. The molecule has 2 rings (SSSR count). The maximum Gasteiger partial charge on any atom is 1.00 e. The van der Waals surface area contributed by atoms with E-state index in [1.54, 1.807) is 0 Å². The molecule has 0 atom stereocenters. The third kappa shape index (κ3) is 2.62. The normalized spacial score (nSPS) is 25.5. The largest absolute Gasteiger partial charge is 1.00 e. The van der Waals surface area contributed by atoms with E-state index in [9.17, 15) is 9.59 Å². The molecule has 0 radical (unpaired) electrons. The summed E-state index contributed by atoms with van der Waals surface area (Å²) in [6.07, 6.45) is 5.62. The van der Waals surface area contributed by atoms with Gasteiger partial charge in [-0.1, -0.05) is 12.8 Å². The van der Waals surface area contributed by atoms with Crippen LogP contribution in [0.3, 0.4) is 0 Å². The van der Waals surface area contributed by atoms with Crippen LogP contribution in [0.2, 0.25) is 0 Å². The molecule has 1 aliphatic carbocycles. The fourth-order valence-electron chi connectivity index (χ4n) is 2.47. The molecule has 13 heavy (non-hydrogen) atoms. The molecule has 68 valence electrons. The number of imide groups is 1. The fraction of sp³-hybridized carbons (Fsp3) is 0.778. The van der Waals surface area contributed by atoms with Gasteiger partial charge in [0, 0.05) is 12.8 Å². The van der Waals surface area contributed by atoms with Crippen LogP contribution in [0.1, 0.15) is 40.0 Å². The van der Waals surface area contributed by atoms with Gasteiger partial charge in [0.15, 0.2) is 0 Å². The monoisotopic (exact) mass is 207 g/mol. The second kappa shape index (κ2) is 4.53. The Balaban J connectivity index is 0.000000845. The summed E-state index contributed by atoms with van der Waals surface area (Å²) in [5.41, 5.74) is 0.0550. The van der Waals surface area contributed by atoms with Crippen molar-refractivity contribution in [1.82, 2.24) is 5.32 Å². The molecule has 1 spiro atoms. The van der Waals surface area contributed by atoms with Crippen molar-refractivity contribution in [3.05, 3.63) is 0 Å². The number of hydrogen-bond acceptors (Lipinski definition) is 2. The maximum atomic E-state index is 11.1. The van der Waals surface area contributed by atoms with Crippen molar-refractivity contribution in [3.63, 3.8) is 0 Å². The molecule has 3 nitrogen and oxygen atoms in total. The standard InChI is InChI=1S/C9H13NO2.K.H/c11-7-5-9(3-1-2-4-9)6-8(12)10-7;;/h1-6H2,(H,10,11,12);;/q;+1;-1. The summed E-state index contributed by atoms with van der Waals surface area (Å²) >= 11 is 0. The van der Waals surface area contributed by atoms with Crippen LogP contribution in [0.15, 0.2) is 0 Å². The van der Waals surface area contributed by atoms with Gasteiger partial charge in [-0.2, -0.15) is 0 Å². The van der Waals surface area contributed by atoms with E-state index in [0.717, 1.165) is 12.8 Å². The van der Waals surface area contributed by atoms with Crippen LogP contribution >= 0.6 is 0 Å². The molecule has 2 fully saturated rings. The van der Waals surface area contributed by atoms with Gasteiger partial charge in [0.1, 0.15) is 0 Å². The zero-order valence-electron chi connectivity index (χ0n) is 9.06. The first-order valence-electron chi connectivity index (χ1n) is 4.53. The van der Waals surface area contributed by atoms with Crippen LogP contribution in [-0.4, -0.2) is 11.8 Å². The number of nitrogens with one attached hydrogen (secondary N) is 1. The molecule has 1 aliphatic heterocycles. The van der Waals surface area contributed by atoms with Crippen molar-refractivity contribution in [2.75, 3.05) is 0 Å². The molecule has 0 unspecified atom stereocenters. The van der Waals surface area contributed by atoms with E-state index in [1.807, 2.05) is 0 Å². The summed E-state index contributed by atoms with van der Waals surface area (Å²) in [7, 11) is 0. The van der Waals surface area contributed by atoms with E-state index in [0.29, 0.717) is 12.8 Å². The van der Waals surface area contributed by atoms with Gasteiger partial charge in [0.2, 0.25) is 11.8 Å². The molecule has 2 aliphatic rings. The van der Waals surface area contributed by atoms with Crippen LogP contribution in [0.4, 0.5) is 0 Å². The Morgan fingerprint density at radius 3 is 2.00 bits per heavy atom. The average Bonchev–Trinajstić information content (AvgIpc) is 2.33. The fourth-order valence-corrected chi connectivity index (χ4v) is 2.47.